The first-order chi connectivity index (χ1) is 19.4. The van der Waals surface area contributed by atoms with E-state index in [9.17, 15) is 0 Å². The molecular weight excluding hydrogens is 472 g/mol. The molecule has 0 heterocycles. The summed E-state index contributed by atoms with van der Waals surface area (Å²) in [5.74, 6) is 0. The fraction of sp³-hybridized carbons (Fsp3) is 0.684. The number of hydrogen-bond donors (Lipinski definition) is 0. The fourth-order valence-electron chi connectivity index (χ4n) is 5.10. The van der Waals surface area contributed by atoms with E-state index in [0.29, 0.717) is 0 Å². The van der Waals surface area contributed by atoms with Gasteiger partial charge in [-0.05, 0) is 24.0 Å². The van der Waals surface area contributed by atoms with Crippen molar-refractivity contribution in [2.24, 2.45) is 0 Å². The third-order valence-corrected chi connectivity index (χ3v) is 7.67. The molecule has 0 saturated carbocycles. The van der Waals surface area contributed by atoms with Crippen LogP contribution >= 0.6 is 0 Å². The quantitative estimate of drug-likeness (QED) is 0.115. The number of hydrogen-bond acceptors (Lipinski definition) is 1. The molecule has 2 aromatic rings. The summed E-state index contributed by atoms with van der Waals surface area (Å²) in [5, 5.41) is 0. The molecule has 0 aliphatic rings. The Hall–Kier alpha value is -1.60. The monoisotopic (exact) mass is 536 g/mol. The summed E-state index contributed by atoms with van der Waals surface area (Å²) in [6.45, 7) is 6.58. The van der Waals surface area contributed by atoms with E-state index in [0.717, 1.165) is 13.2 Å². The van der Waals surface area contributed by atoms with E-state index in [4.69, 9.17) is 4.74 Å². The van der Waals surface area contributed by atoms with E-state index < -0.39 is 0 Å². The van der Waals surface area contributed by atoms with Crippen LogP contribution in [0.1, 0.15) is 155 Å². The highest BCUT2D eigenvalue weighted by atomic mass is 16.5. The van der Waals surface area contributed by atoms with Gasteiger partial charge in [-0.1, -0.05) is 203 Å². The van der Waals surface area contributed by atoms with E-state index in [1.165, 1.54) is 152 Å². The third-order valence-electron chi connectivity index (χ3n) is 7.67. The minimum atomic E-state index is 0.995. The molecule has 1 heteroatoms. The average Bonchev–Trinajstić information content (AvgIpc) is 2.99. The Labute approximate surface area is 244 Å². The predicted octanol–water partition coefficient (Wildman–Crippen LogP) is 13.0. The van der Waals surface area contributed by atoms with Crippen LogP contribution in [0.25, 0.3) is 11.1 Å². The largest absolute Gasteiger partial charge is 0.381 e. The van der Waals surface area contributed by atoms with Crippen LogP contribution in [0, 0.1) is 0 Å². The van der Waals surface area contributed by atoms with Gasteiger partial charge in [-0.25, -0.2) is 0 Å². The van der Waals surface area contributed by atoms with Crippen molar-refractivity contribution < 1.29 is 4.74 Å². The summed E-state index contributed by atoms with van der Waals surface area (Å²) in [7, 11) is 0. The van der Waals surface area contributed by atoms with Crippen molar-refractivity contribution in [2.45, 2.75) is 155 Å². The Kier molecular flexibility index (Phi) is 26.7. The van der Waals surface area contributed by atoms with Crippen LogP contribution in [0.15, 0.2) is 60.7 Å². The van der Waals surface area contributed by atoms with Crippen molar-refractivity contribution in [2.75, 3.05) is 13.2 Å². The second kappa shape index (κ2) is 29.4. The van der Waals surface area contributed by atoms with Crippen LogP contribution in [-0.2, 0) is 4.74 Å². The highest BCUT2D eigenvalue weighted by Crippen LogP contribution is 2.17. The van der Waals surface area contributed by atoms with Crippen LogP contribution in [-0.4, -0.2) is 13.2 Å². The first kappa shape index (κ1) is 35.4. The van der Waals surface area contributed by atoms with Crippen molar-refractivity contribution >= 4 is 0 Å². The van der Waals surface area contributed by atoms with Crippen molar-refractivity contribution in [1.82, 2.24) is 0 Å². The Morgan fingerprint density at radius 3 is 0.872 bits per heavy atom. The molecule has 2 aromatic carbocycles. The SMILES string of the molecule is CCCCCCCCCCCCCOCCCCCCCCCCCCC.c1ccc(-c2ccccc2)cc1. The molecule has 0 amide bonds. The van der Waals surface area contributed by atoms with Gasteiger partial charge in [0.05, 0.1) is 0 Å². The Morgan fingerprint density at radius 2 is 0.590 bits per heavy atom. The van der Waals surface area contributed by atoms with Crippen LogP contribution < -0.4 is 0 Å². The fourth-order valence-corrected chi connectivity index (χ4v) is 5.10. The van der Waals surface area contributed by atoms with Crippen molar-refractivity contribution in [1.29, 1.82) is 0 Å². The molecular formula is C38H64O. The first-order valence-electron chi connectivity index (χ1n) is 17.1. The summed E-state index contributed by atoms with van der Waals surface area (Å²) >= 11 is 0. The highest BCUT2D eigenvalue weighted by molar-refractivity contribution is 5.62. The van der Waals surface area contributed by atoms with Gasteiger partial charge >= 0.3 is 0 Å². The Balaban J connectivity index is 0.000000516. The second-order valence-electron chi connectivity index (χ2n) is 11.4. The van der Waals surface area contributed by atoms with Gasteiger partial charge in [-0.3, -0.25) is 0 Å². The van der Waals surface area contributed by atoms with Crippen LogP contribution in [0.2, 0.25) is 0 Å². The molecule has 2 rings (SSSR count). The topological polar surface area (TPSA) is 9.23 Å². The lowest BCUT2D eigenvalue weighted by atomic mass is 10.1. The predicted molar refractivity (Wildman–Crippen MR) is 176 cm³/mol. The van der Waals surface area contributed by atoms with Crippen LogP contribution in [0.3, 0.4) is 0 Å². The highest BCUT2D eigenvalue weighted by Gasteiger charge is 1.96. The number of unbranched alkanes of at least 4 members (excludes halogenated alkanes) is 20. The molecule has 0 bridgehead atoms. The standard InChI is InChI=1S/C26H54O.C12H10/c1-3-5-7-9-11-13-15-17-19-21-23-25-27-26-24-22-20-18-16-14-12-10-8-6-4-2;1-3-7-11(8-4-1)12-9-5-2-6-10-12/h3-26H2,1-2H3;1-10H. The zero-order valence-electron chi connectivity index (χ0n) is 26.2. The van der Waals surface area contributed by atoms with E-state index in [1.54, 1.807) is 0 Å². The molecule has 0 aliphatic heterocycles. The molecule has 0 atom stereocenters. The summed E-state index contributed by atoms with van der Waals surface area (Å²) in [5.41, 5.74) is 2.55. The molecule has 39 heavy (non-hydrogen) atoms. The summed E-state index contributed by atoms with van der Waals surface area (Å²) in [6.07, 6.45) is 31.1. The lowest BCUT2D eigenvalue weighted by Crippen LogP contribution is -1.97. The summed E-state index contributed by atoms with van der Waals surface area (Å²) in [4.78, 5) is 0. The Morgan fingerprint density at radius 1 is 0.333 bits per heavy atom. The maximum atomic E-state index is 5.80. The van der Waals surface area contributed by atoms with Crippen molar-refractivity contribution in [3.63, 3.8) is 0 Å². The van der Waals surface area contributed by atoms with Gasteiger partial charge in [-0.15, -0.1) is 0 Å². The summed E-state index contributed by atoms with van der Waals surface area (Å²) < 4.78 is 5.80. The lowest BCUT2D eigenvalue weighted by molar-refractivity contribution is 0.125. The third kappa shape index (κ3) is 24.0. The van der Waals surface area contributed by atoms with Gasteiger partial charge in [0.2, 0.25) is 0 Å². The van der Waals surface area contributed by atoms with Gasteiger partial charge in [0.1, 0.15) is 0 Å². The van der Waals surface area contributed by atoms with E-state index >= 15 is 0 Å². The first-order valence-corrected chi connectivity index (χ1v) is 17.1. The molecule has 1 nitrogen and oxygen atoms in total. The maximum Gasteiger partial charge on any atom is 0.0466 e. The molecule has 0 radical (unpaired) electrons. The molecule has 0 N–H and O–H groups in total. The van der Waals surface area contributed by atoms with Gasteiger partial charge < -0.3 is 4.74 Å². The molecule has 0 aliphatic carbocycles. The molecule has 222 valence electrons. The smallest absolute Gasteiger partial charge is 0.0466 e. The minimum absolute atomic E-state index is 0.995. The normalized spacial score (nSPS) is 10.8. The van der Waals surface area contributed by atoms with E-state index in [-0.39, 0.29) is 0 Å². The lowest BCUT2D eigenvalue weighted by Gasteiger charge is -2.05. The van der Waals surface area contributed by atoms with Crippen molar-refractivity contribution in [3.8, 4) is 11.1 Å². The van der Waals surface area contributed by atoms with Gasteiger partial charge in [-0.2, -0.15) is 0 Å². The number of benzene rings is 2. The zero-order chi connectivity index (χ0) is 27.9. The molecule has 0 fully saturated rings. The van der Waals surface area contributed by atoms with Gasteiger partial charge in [0.15, 0.2) is 0 Å². The molecule has 0 saturated heterocycles. The number of rotatable bonds is 25. The zero-order valence-corrected chi connectivity index (χ0v) is 26.2. The average molecular weight is 537 g/mol. The maximum absolute atomic E-state index is 5.80. The minimum Gasteiger partial charge on any atom is -0.381 e. The molecule has 0 spiro atoms. The Bertz CT molecular complexity index is 634. The van der Waals surface area contributed by atoms with E-state index in [2.05, 4.69) is 62.4 Å². The van der Waals surface area contributed by atoms with Crippen molar-refractivity contribution in [3.05, 3.63) is 60.7 Å². The molecule has 0 unspecified atom stereocenters. The van der Waals surface area contributed by atoms with Crippen LogP contribution in [0.4, 0.5) is 0 Å². The van der Waals surface area contributed by atoms with Gasteiger partial charge in [0.25, 0.3) is 0 Å². The van der Waals surface area contributed by atoms with Gasteiger partial charge in [0, 0.05) is 13.2 Å². The van der Waals surface area contributed by atoms with Crippen LogP contribution in [0.5, 0.6) is 0 Å². The van der Waals surface area contributed by atoms with E-state index in [1.807, 2.05) is 12.1 Å². The number of ether oxygens (including phenoxy) is 1. The molecule has 0 aromatic heterocycles. The summed E-state index contributed by atoms with van der Waals surface area (Å²) in [6, 6.07) is 20.8. The second-order valence-corrected chi connectivity index (χ2v) is 11.4.